The lowest BCUT2D eigenvalue weighted by Gasteiger charge is -1.96. The van der Waals surface area contributed by atoms with Crippen molar-refractivity contribution in [2.24, 2.45) is 0 Å². The first-order valence-electron chi connectivity index (χ1n) is 3.03. The zero-order chi connectivity index (χ0) is 8.27. The molecule has 0 aliphatic rings. The second kappa shape index (κ2) is 3.44. The highest BCUT2D eigenvalue weighted by Gasteiger charge is 1.95. The smallest absolute Gasteiger partial charge is 0.158 e. The Hall–Kier alpha value is -0.960. The molecule has 1 aromatic rings. The summed E-state index contributed by atoms with van der Waals surface area (Å²) in [4.78, 5) is 8.04. The molecule has 0 fully saturated rings. The van der Waals surface area contributed by atoms with Crippen LogP contribution in [0.3, 0.4) is 0 Å². The summed E-state index contributed by atoms with van der Waals surface area (Å²) in [6.07, 6.45) is 4.98. The molecule has 1 heterocycles. The largest absolute Gasteiger partial charge is 0.235 e. The van der Waals surface area contributed by atoms with Crippen LogP contribution in [-0.4, -0.2) is 9.97 Å². The van der Waals surface area contributed by atoms with Gasteiger partial charge in [-0.2, -0.15) is 0 Å². The maximum Gasteiger partial charge on any atom is 0.158 e. The maximum atomic E-state index is 4.02. The molecule has 0 radical (unpaired) electrons. The molecule has 0 bridgehead atoms. The molecule has 11 heavy (non-hydrogen) atoms. The Kier molecular flexibility index (Phi) is 2.54. The molecule has 0 aromatic carbocycles. The van der Waals surface area contributed by atoms with Gasteiger partial charge in [0.05, 0.1) is 4.47 Å². The maximum absolute atomic E-state index is 4.02. The number of halogens is 1. The molecular formula is C8H7BrN2. The van der Waals surface area contributed by atoms with Gasteiger partial charge >= 0.3 is 0 Å². The number of aromatic nitrogens is 2. The van der Waals surface area contributed by atoms with Crippen LogP contribution in [0.4, 0.5) is 0 Å². The molecule has 0 N–H and O–H groups in total. The molecule has 0 unspecified atom stereocenters. The number of hydrogen-bond acceptors (Lipinski definition) is 2. The lowest BCUT2D eigenvalue weighted by Crippen LogP contribution is -1.89. The van der Waals surface area contributed by atoms with E-state index in [2.05, 4.69) is 39.1 Å². The van der Waals surface area contributed by atoms with E-state index in [9.17, 15) is 0 Å². The second-order valence-electron chi connectivity index (χ2n) is 1.95. The van der Waals surface area contributed by atoms with E-state index < -0.39 is 0 Å². The van der Waals surface area contributed by atoms with Crippen LogP contribution in [0.2, 0.25) is 0 Å². The highest BCUT2D eigenvalue weighted by atomic mass is 79.9. The minimum atomic E-state index is 0.614. The molecule has 0 spiro atoms. The average Bonchev–Trinajstić information content (AvgIpc) is 2.05. The first-order valence-corrected chi connectivity index (χ1v) is 3.82. The van der Waals surface area contributed by atoms with E-state index in [4.69, 9.17) is 0 Å². The zero-order valence-corrected chi connectivity index (χ0v) is 7.50. The SMILES string of the molecule is C=CC(=C)c1ncc(Br)cn1. The summed E-state index contributed by atoms with van der Waals surface area (Å²) in [6.45, 7) is 7.28. The first kappa shape index (κ1) is 8.14. The lowest BCUT2D eigenvalue weighted by atomic mass is 10.3. The van der Waals surface area contributed by atoms with E-state index in [1.165, 1.54) is 0 Å². The lowest BCUT2D eigenvalue weighted by molar-refractivity contribution is 1.11. The molecule has 2 nitrogen and oxygen atoms in total. The van der Waals surface area contributed by atoms with Gasteiger partial charge in [-0.15, -0.1) is 0 Å². The van der Waals surface area contributed by atoms with Gasteiger partial charge in [-0.25, -0.2) is 9.97 Å². The molecule has 0 amide bonds. The van der Waals surface area contributed by atoms with Gasteiger partial charge in [0, 0.05) is 18.0 Å². The van der Waals surface area contributed by atoms with Crippen molar-refractivity contribution < 1.29 is 0 Å². The van der Waals surface area contributed by atoms with Gasteiger partial charge in [0.15, 0.2) is 5.82 Å². The predicted octanol–water partition coefficient (Wildman–Crippen LogP) is 2.44. The summed E-state index contributed by atoms with van der Waals surface area (Å²) >= 11 is 3.24. The third-order valence-electron chi connectivity index (χ3n) is 1.15. The van der Waals surface area contributed by atoms with Gasteiger partial charge in [0.2, 0.25) is 0 Å². The van der Waals surface area contributed by atoms with Crippen molar-refractivity contribution in [3.8, 4) is 0 Å². The summed E-state index contributed by atoms with van der Waals surface area (Å²) < 4.78 is 0.859. The molecular weight excluding hydrogens is 204 g/mol. The number of rotatable bonds is 2. The highest BCUT2D eigenvalue weighted by Crippen LogP contribution is 2.09. The van der Waals surface area contributed by atoms with Crippen molar-refractivity contribution in [3.63, 3.8) is 0 Å². The van der Waals surface area contributed by atoms with Crippen LogP contribution >= 0.6 is 15.9 Å². The topological polar surface area (TPSA) is 25.8 Å². The Bertz CT molecular complexity index is 277. The zero-order valence-electron chi connectivity index (χ0n) is 5.92. The van der Waals surface area contributed by atoms with E-state index in [1.54, 1.807) is 18.5 Å². The van der Waals surface area contributed by atoms with Crippen LogP contribution in [0.25, 0.3) is 5.57 Å². The fraction of sp³-hybridized carbons (Fsp3) is 0. The van der Waals surface area contributed by atoms with Gasteiger partial charge in [0.1, 0.15) is 0 Å². The molecule has 1 aromatic heterocycles. The van der Waals surface area contributed by atoms with Crippen LogP contribution in [0.15, 0.2) is 36.1 Å². The Morgan fingerprint density at radius 3 is 2.45 bits per heavy atom. The van der Waals surface area contributed by atoms with Crippen molar-refractivity contribution >= 4 is 21.5 Å². The summed E-state index contributed by atoms with van der Waals surface area (Å²) in [5, 5.41) is 0. The highest BCUT2D eigenvalue weighted by molar-refractivity contribution is 9.10. The Labute approximate surface area is 73.8 Å². The van der Waals surface area contributed by atoms with Crippen molar-refractivity contribution in [2.75, 3.05) is 0 Å². The van der Waals surface area contributed by atoms with Gasteiger partial charge < -0.3 is 0 Å². The van der Waals surface area contributed by atoms with Crippen molar-refractivity contribution in [1.29, 1.82) is 0 Å². The second-order valence-corrected chi connectivity index (χ2v) is 2.87. The third-order valence-corrected chi connectivity index (χ3v) is 1.56. The van der Waals surface area contributed by atoms with Gasteiger partial charge in [-0.1, -0.05) is 19.2 Å². The normalized spacial score (nSPS) is 9.18. The fourth-order valence-corrected chi connectivity index (χ4v) is 0.774. The number of allylic oxidation sites excluding steroid dienone is 2. The number of nitrogens with zero attached hydrogens (tertiary/aromatic N) is 2. The van der Waals surface area contributed by atoms with E-state index >= 15 is 0 Å². The van der Waals surface area contributed by atoms with Gasteiger partial charge in [0.25, 0.3) is 0 Å². The molecule has 0 saturated heterocycles. The van der Waals surface area contributed by atoms with Crippen LogP contribution in [0.1, 0.15) is 5.82 Å². The standard InChI is InChI=1S/C8H7BrN2/c1-3-6(2)8-10-4-7(9)5-11-8/h3-5H,1-2H2. The Morgan fingerprint density at radius 1 is 1.45 bits per heavy atom. The summed E-state index contributed by atoms with van der Waals surface area (Å²) in [5.74, 6) is 0.614. The third kappa shape index (κ3) is 1.98. The number of hydrogen-bond donors (Lipinski definition) is 0. The van der Waals surface area contributed by atoms with E-state index in [-0.39, 0.29) is 0 Å². The van der Waals surface area contributed by atoms with Crippen molar-refractivity contribution in [1.82, 2.24) is 9.97 Å². The molecule has 1 rings (SSSR count). The Balaban J connectivity index is 2.98. The minimum Gasteiger partial charge on any atom is -0.235 e. The minimum absolute atomic E-state index is 0.614. The summed E-state index contributed by atoms with van der Waals surface area (Å²) in [5.41, 5.74) is 0.734. The Morgan fingerprint density at radius 2 is 2.00 bits per heavy atom. The molecule has 0 atom stereocenters. The molecule has 0 aliphatic carbocycles. The monoisotopic (exact) mass is 210 g/mol. The van der Waals surface area contributed by atoms with E-state index in [0.717, 1.165) is 10.0 Å². The molecule has 0 aliphatic heterocycles. The first-order chi connectivity index (χ1) is 5.24. The van der Waals surface area contributed by atoms with E-state index in [0.29, 0.717) is 5.82 Å². The van der Waals surface area contributed by atoms with E-state index in [1.807, 2.05) is 0 Å². The van der Waals surface area contributed by atoms with Crippen molar-refractivity contribution in [3.05, 3.63) is 41.9 Å². The quantitative estimate of drug-likeness (QED) is 0.702. The van der Waals surface area contributed by atoms with Gasteiger partial charge in [-0.05, 0) is 15.9 Å². The van der Waals surface area contributed by atoms with Crippen LogP contribution in [0, 0.1) is 0 Å². The van der Waals surface area contributed by atoms with Crippen molar-refractivity contribution in [2.45, 2.75) is 0 Å². The summed E-state index contributed by atoms with van der Waals surface area (Å²) in [6, 6.07) is 0. The molecule has 3 heteroatoms. The predicted molar refractivity (Wildman–Crippen MR) is 49.0 cm³/mol. The van der Waals surface area contributed by atoms with Gasteiger partial charge in [-0.3, -0.25) is 0 Å². The molecule has 0 saturated carbocycles. The average molecular weight is 211 g/mol. The fourth-order valence-electron chi connectivity index (χ4n) is 0.569. The molecule has 56 valence electrons. The van der Waals surface area contributed by atoms with Crippen LogP contribution in [0.5, 0.6) is 0 Å². The van der Waals surface area contributed by atoms with Crippen LogP contribution in [-0.2, 0) is 0 Å². The summed E-state index contributed by atoms with van der Waals surface area (Å²) in [7, 11) is 0. The van der Waals surface area contributed by atoms with Crippen LogP contribution < -0.4 is 0 Å².